The second-order valence-corrected chi connectivity index (χ2v) is 3.46. The maximum atomic E-state index is 5.14. The summed E-state index contributed by atoms with van der Waals surface area (Å²) < 4.78 is 5.14. The first-order valence-corrected chi connectivity index (χ1v) is 5.19. The van der Waals surface area contributed by atoms with E-state index < -0.39 is 0 Å². The number of rotatable bonds is 5. The number of likely N-dealkylation sites (N-methyl/N-ethyl adjacent to an activating group) is 1. The van der Waals surface area contributed by atoms with Gasteiger partial charge in [0.15, 0.2) is 5.69 Å². The van der Waals surface area contributed by atoms with E-state index in [2.05, 4.69) is 37.8 Å². The highest BCUT2D eigenvalue weighted by Gasteiger charge is 2.13. The summed E-state index contributed by atoms with van der Waals surface area (Å²) in [7, 11) is 1.92. The molecule has 7 nitrogen and oxygen atoms in total. The van der Waals surface area contributed by atoms with Crippen LogP contribution in [0.1, 0.15) is 19.2 Å². The third-order valence-electron chi connectivity index (χ3n) is 2.43. The molecule has 2 aromatic heterocycles. The Kier molecular flexibility index (Phi) is 3.25. The van der Waals surface area contributed by atoms with E-state index in [9.17, 15) is 0 Å². The Morgan fingerprint density at radius 1 is 1.56 bits per heavy atom. The Labute approximate surface area is 92.6 Å². The molecule has 0 radical (unpaired) electrons. The molecular weight excluding hydrogens is 208 g/mol. The standard InChI is InChI=1S/C9H14N6O/c1-3-6(10-2)4-8-12-9(14-16-8)7-5-11-15-13-7/h5-6,10H,3-4H2,1-2H3,(H,11,13,15). The van der Waals surface area contributed by atoms with E-state index in [0.717, 1.165) is 12.8 Å². The monoisotopic (exact) mass is 222 g/mol. The Morgan fingerprint density at radius 2 is 2.44 bits per heavy atom. The third kappa shape index (κ3) is 2.25. The highest BCUT2D eigenvalue weighted by molar-refractivity contribution is 5.44. The Bertz CT molecular complexity index is 419. The normalized spacial score (nSPS) is 12.9. The van der Waals surface area contributed by atoms with Gasteiger partial charge in [-0.05, 0) is 13.5 Å². The van der Waals surface area contributed by atoms with E-state index in [4.69, 9.17) is 4.52 Å². The van der Waals surface area contributed by atoms with E-state index in [1.807, 2.05) is 7.05 Å². The lowest BCUT2D eigenvalue weighted by Crippen LogP contribution is -2.26. The lowest BCUT2D eigenvalue weighted by molar-refractivity contribution is 0.359. The maximum absolute atomic E-state index is 5.14. The fourth-order valence-corrected chi connectivity index (χ4v) is 1.41. The molecule has 0 bridgehead atoms. The zero-order chi connectivity index (χ0) is 11.4. The molecule has 1 atom stereocenters. The van der Waals surface area contributed by atoms with E-state index in [-0.39, 0.29) is 0 Å². The molecule has 2 heterocycles. The van der Waals surface area contributed by atoms with Crippen molar-refractivity contribution in [2.75, 3.05) is 7.05 Å². The van der Waals surface area contributed by atoms with Crippen LogP contribution in [0.3, 0.4) is 0 Å². The van der Waals surface area contributed by atoms with Crippen LogP contribution < -0.4 is 5.32 Å². The van der Waals surface area contributed by atoms with Gasteiger partial charge in [0.2, 0.25) is 11.7 Å². The van der Waals surface area contributed by atoms with Crippen molar-refractivity contribution < 1.29 is 4.52 Å². The molecule has 0 aliphatic carbocycles. The van der Waals surface area contributed by atoms with Crippen LogP contribution in [0.4, 0.5) is 0 Å². The first-order valence-electron chi connectivity index (χ1n) is 5.19. The molecule has 0 spiro atoms. The van der Waals surface area contributed by atoms with E-state index in [1.54, 1.807) is 6.20 Å². The summed E-state index contributed by atoms with van der Waals surface area (Å²) in [5.41, 5.74) is 0.590. The van der Waals surface area contributed by atoms with Crippen LogP contribution in [-0.4, -0.2) is 38.6 Å². The van der Waals surface area contributed by atoms with Crippen molar-refractivity contribution in [2.24, 2.45) is 0 Å². The van der Waals surface area contributed by atoms with Gasteiger partial charge in [0.25, 0.3) is 0 Å². The maximum Gasteiger partial charge on any atom is 0.228 e. The van der Waals surface area contributed by atoms with Crippen LogP contribution in [0.2, 0.25) is 0 Å². The van der Waals surface area contributed by atoms with Crippen LogP contribution in [-0.2, 0) is 6.42 Å². The lowest BCUT2D eigenvalue weighted by atomic mass is 10.1. The molecule has 0 fully saturated rings. The van der Waals surface area contributed by atoms with Gasteiger partial charge < -0.3 is 9.84 Å². The highest BCUT2D eigenvalue weighted by Crippen LogP contribution is 2.11. The van der Waals surface area contributed by atoms with E-state index >= 15 is 0 Å². The first-order chi connectivity index (χ1) is 7.83. The number of hydrogen-bond acceptors (Lipinski definition) is 6. The summed E-state index contributed by atoms with van der Waals surface area (Å²) in [5.74, 6) is 1.08. The summed E-state index contributed by atoms with van der Waals surface area (Å²) in [6.45, 7) is 2.11. The Balaban J connectivity index is 2.08. The zero-order valence-corrected chi connectivity index (χ0v) is 9.27. The third-order valence-corrected chi connectivity index (χ3v) is 2.43. The number of hydrogen-bond donors (Lipinski definition) is 2. The van der Waals surface area contributed by atoms with Crippen molar-refractivity contribution in [1.82, 2.24) is 30.9 Å². The van der Waals surface area contributed by atoms with Crippen LogP contribution in [0.15, 0.2) is 10.7 Å². The topological polar surface area (TPSA) is 92.5 Å². The minimum absolute atomic E-state index is 0.352. The van der Waals surface area contributed by atoms with Gasteiger partial charge in [-0.2, -0.15) is 20.4 Å². The molecule has 0 aliphatic heterocycles. The molecule has 16 heavy (non-hydrogen) atoms. The fourth-order valence-electron chi connectivity index (χ4n) is 1.41. The minimum atomic E-state index is 0.352. The van der Waals surface area contributed by atoms with Crippen molar-refractivity contribution in [1.29, 1.82) is 0 Å². The fraction of sp³-hybridized carbons (Fsp3) is 0.556. The van der Waals surface area contributed by atoms with E-state index in [1.165, 1.54) is 0 Å². The molecule has 0 saturated carbocycles. The van der Waals surface area contributed by atoms with Crippen molar-refractivity contribution >= 4 is 0 Å². The molecule has 2 rings (SSSR count). The average Bonchev–Trinajstić information content (AvgIpc) is 2.96. The second-order valence-electron chi connectivity index (χ2n) is 3.46. The van der Waals surface area contributed by atoms with Gasteiger partial charge in [-0.15, -0.1) is 0 Å². The molecular formula is C9H14N6O. The van der Waals surface area contributed by atoms with Crippen LogP contribution in [0.5, 0.6) is 0 Å². The van der Waals surface area contributed by atoms with Gasteiger partial charge in [0.05, 0.1) is 6.20 Å². The average molecular weight is 222 g/mol. The predicted octanol–water partition coefficient (Wildman–Crippen LogP) is 0.395. The number of H-pyrrole nitrogens is 1. The second kappa shape index (κ2) is 4.84. The van der Waals surface area contributed by atoms with Crippen molar-refractivity contribution in [3.8, 4) is 11.5 Å². The van der Waals surface area contributed by atoms with Gasteiger partial charge >= 0.3 is 0 Å². The molecule has 2 N–H and O–H groups in total. The zero-order valence-electron chi connectivity index (χ0n) is 9.27. The number of nitrogens with one attached hydrogen (secondary N) is 2. The van der Waals surface area contributed by atoms with Gasteiger partial charge in [-0.25, -0.2) is 0 Å². The molecule has 86 valence electrons. The largest absolute Gasteiger partial charge is 0.339 e. The number of aromatic nitrogens is 5. The molecule has 0 aliphatic rings. The quantitative estimate of drug-likeness (QED) is 0.760. The first kappa shape index (κ1) is 10.7. The van der Waals surface area contributed by atoms with Gasteiger partial charge in [0.1, 0.15) is 0 Å². The van der Waals surface area contributed by atoms with Crippen LogP contribution in [0, 0.1) is 0 Å². The molecule has 0 amide bonds. The van der Waals surface area contributed by atoms with Crippen LogP contribution >= 0.6 is 0 Å². The summed E-state index contributed by atoms with van der Waals surface area (Å²) in [6, 6.07) is 0.352. The Hall–Kier alpha value is -1.76. The summed E-state index contributed by atoms with van der Waals surface area (Å²) in [6.07, 6.45) is 3.29. The highest BCUT2D eigenvalue weighted by atomic mass is 16.5. The van der Waals surface area contributed by atoms with Crippen molar-refractivity contribution in [2.45, 2.75) is 25.8 Å². The number of aromatic amines is 1. The molecule has 7 heteroatoms. The molecule has 1 unspecified atom stereocenters. The van der Waals surface area contributed by atoms with Crippen molar-refractivity contribution in [3.05, 3.63) is 12.1 Å². The predicted molar refractivity (Wildman–Crippen MR) is 56.5 cm³/mol. The minimum Gasteiger partial charge on any atom is -0.339 e. The SMILES string of the molecule is CCC(Cc1nc(-c2cn[nH]n2)no1)NC. The number of nitrogens with zero attached hydrogens (tertiary/aromatic N) is 4. The van der Waals surface area contributed by atoms with Gasteiger partial charge in [-0.1, -0.05) is 12.1 Å². The van der Waals surface area contributed by atoms with E-state index in [0.29, 0.717) is 23.5 Å². The summed E-state index contributed by atoms with van der Waals surface area (Å²) in [4.78, 5) is 4.25. The lowest BCUT2D eigenvalue weighted by Gasteiger charge is -2.09. The molecule has 0 saturated heterocycles. The summed E-state index contributed by atoms with van der Waals surface area (Å²) >= 11 is 0. The molecule has 0 aromatic carbocycles. The van der Waals surface area contributed by atoms with Gasteiger partial charge in [-0.3, -0.25) is 0 Å². The smallest absolute Gasteiger partial charge is 0.228 e. The van der Waals surface area contributed by atoms with Crippen molar-refractivity contribution in [3.63, 3.8) is 0 Å². The molecule has 2 aromatic rings. The summed E-state index contributed by atoms with van der Waals surface area (Å²) in [5, 5.41) is 17.1. The van der Waals surface area contributed by atoms with Crippen LogP contribution in [0.25, 0.3) is 11.5 Å². The van der Waals surface area contributed by atoms with Gasteiger partial charge in [0, 0.05) is 12.5 Å². The Morgan fingerprint density at radius 3 is 3.06 bits per heavy atom.